The van der Waals surface area contributed by atoms with Gasteiger partial charge in [0.05, 0.1) is 11.6 Å². The normalized spacial score (nSPS) is 12.3. The van der Waals surface area contributed by atoms with Crippen molar-refractivity contribution in [2.24, 2.45) is 0 Å². The zero-order chi connectivity index (χ0) is 12.6. The molecular formula is C11H9F4N. The van der Waals surface area contributed by atoms with Crippen LogP contribution in [0.25, 0.3) is 0 Å². The van der Waals surface area contributed by atoms with Gasteiger partial charge in [0.1, 0.15) is 0 Å². The largest absolute Gasteiger partial charge is 0.270 e. The standard InChI is InChI=1S/C11H9F4N/c1-10(12,13)8-3-7(6-16)4-9(5-8)11(2,14)15/h3-5H,1-2H3. The molecule has 0 atom stereocenters. The maximum absolute atomic E-state index is 13.0. The minimum Gasteiger partial charge on any atom is -0.202 e. The molecule has 0 unspecified atom stereocenters. The number of rotatable bonds is 2. The van der Waals surface area contributed by atoms with Gasteiger partial charge in [0.2, 0.25) is 0 Å². The Balaban J connectivity index is 3.41. The molecule has 0 N–H and O–H groups in total. The van der Waals surface area contributed by atoms with Crippen LogP contribution in [0.1, 0.15) is 30.5 Å². The number of hydrogen-bond acceptors (Lipinski definition) is 1. The highest BCUT2D eigenvalue weighted by Crippen LogP contribution is 2.33. The number of nitrogens with zero attached hydrogens (tertiary/aromatic N) is 1. The molecule has 0 spiro atoms. The fourth-order valence-corrected chi connectivity index (χ4v) is 1.20. The van der Waals surface area contributed by atoms with Crippen LogP contribution in [-0.2, 0) is 11.8 Å². The highest BCUT2D eigenvalue weighted by molar-refractivity contribution is 5.40. The first-order valence-corrected chi connectivity index (χ1v) is 4.46. The van der Waals surface area contributed by atoms with E-state index >= 15 is 0 Å². The second-order valence-corrected chi connectivity index (χ2v) is 3.69. The molecule has 86 valence electrons. The summed E-state index contributed by atoms with van der Waals surface area (Å²) >= 11 is 0. The summed E-state index contributed by atoms with van der Waals surface area (Å²) < 4.78 is 51.9. The Hall–Kier alpha value is -1.57. The maximum atomic E-state index is 13.0. The summed E-state index contributed by atoms with van der Waals surface area (Å²) in [5, 5.41) is 8.58. The molecule has 1 nitrogen and oxygen atoms in total. The van der Waals surface area contributed by atoms with E-state index in [-0.39, 0.29) is 5.56 Å². The zero-order valence-electron chi connectivity index (χ0n) is 8.69. The van der Waals surface area contributed by atoms with Crippen molar-refractivity contribution in [3.63, 3.8) is 0 Å². The van der Waals surface area contributed by atoms with Crippen molar-refractivity contribution in [1.29, 1.82) is 5.26 Å². The summed E-state index contributed by atoms with van der Waals surface area (Å²) in [6.07, 6.45) is 0. The molecule has 0 aliphatic carbocycles. The van der Waals surface area contributed by atoms with E-state index in [9.17, 15) is 17.6 Å². The minimum atomic E-state index is -3.24. The summed E-state index contributed by atoms with van der Waals surface area (Å²) in [5.74, 6) is -6.49. The lowest BCUT2D eigenvalue weighted by atomic mass is 9.99. The van der Waals surface area contributed by atoms with Crippen LogP contribution in [0.2, 0.25) is 0 Å². The average Bonchev–Trinajstić information content (AvgIpc) is 2.14. The van der Waals surface area contributed by atoms with E-state index < -0.39 is 23.0 Å². The van der Waals surface area contributed by atoms with Crippen molar-refractivity contribution >= 4 is 0 Å². The minimum absolute atomic E-state index is 0.199. The average molecular weight is 231 g/mol. The zero-order valence-corrected chi connectivity index (χ0v) is 8.69. The Labute approximate surface area is 90.3 Å². The SMILES string of the molecule is CC(F)(F)c1cc(C#N)cc(C(C)(F)F)c1. The van der Waals surface area contributed by atoms with E-state index in [0.717, 1.165) is 18.2 Å². The van der Waals surface area contributed by atoms with Gasteiger partial charge >= 0.3 is 0 Å². The summed E-state index contributed by atoms with van der Waals surface area (Å²) in [6, 6.07) is 4.13. The van der Waals surface area contributed by atoms with Gasteiger partial charge in [0.15, 0.2) is 0 Å². The highest BCUT2D eigenvalue weighted by atomic mass is 19.3. The molecule has 0 saturated carbocycles. The molecule has 0 radical (unpaired) electrons. The number of alkyl halides is 4. The first kappa shape index (κ1) is 12.5. The lowest BCUT2D eigenvalue weighted by molar-refractivity contribution is 0.0105. The molecule has 0 aliphatic rings. The number of benzene rings is 1. The quantitative estimate of drug-likeness (QED) is 0.710. The van der Waals surface area contributed by atoms with Crippen molar-refractivity contribution in [2.75, 3.05) is 0 Å². The molecule has 0 aromatic heterocycles. The van der Waals surface area contributed by atoms with Crippen LogP contribution in [0.15, 0.2) is 18.2 Å². The Morgan fingerprint density at radius 2 is 1.31 bits per heavy atom. The van der Waals surface area contributed by atoms with Crippen molar-refractivity contribution < 1.29 is 17.6 Å². The summed E-state index contributed by atoms with van der Waals surface area (Å²) in [4.78, 5) is 0. The fraction of sp³-hybridized carbons (Fsp3) is 0.364. The monoisotopic (exact) mass is 231 g/mol. The van der Waals surface area contributed by atoms with E-state index in [1.807, 2.05) is 0 Å². The van der Waals surface area contributed by atoms with Gasteiger partial charge in [0.25, 0.3) is 11.8 Å². The lowest BCUT2D eigenvalue weighted by Gasteiger charge is -2.16. The van der Waals surface area contributed by atoms with Crippen LogP contribution < -0.4 is 0 Å². The van der Waals surface area contributed by atoms with Crippen molar-refractivity contribution in [3.05, 3.63) is 34.9 Å². The van der Waals surface area contributed by atoms with Gasteiger partial charge in [-0.3, -0.25) is 0 Å². The Morgan fingerprint density at radius 3 is 1.56 bits per heavy atom. The first-order valence-electron chi connectivity index (χ1n) is 4.46. The molecule has 1 aromatic carbocycles. The molecular weight excluding hydrogens is 222 g/mol. The number of halogens is 4. The van der Waals surface area contributed by atoms with Gasteiger partial charge in [-0.25, -0.2) is 17.6 Å². The van der Waals surface area contributed by atoms with Crippen molar-refractivity contribution in [3.8, 4) is 6.07 Å². The van der Waals surface area contributed by atoms with Crippen molar-refractivity contribution in [2.45, 2.75) is 25.7 Å². The topological polar surface area (TPSA) is 23.8 Å². The molecule has 5 heteroatoms. The van der Waals surface area contributed by atoms with E-state index in [1.54, 1.807) is 6.07 Å². The molecule has 16 heavy (non-hydrogen) atoms. The first-order chi connectivity index (χ1) is 7.14. The lowest BCUT2D eigenvalue weighted by Crippen LogP contribution is -2.13. The van der Waals surface area contributed by atoms with Gasteiger partial charge < -0.3 is 0 Å². The second-order valence-electron chi connectivity index (χ2n) is 3.69. The Kier molecular flexibility index (Phi) is 2.95. The van der Waals surface area contributed by atoms with Gasteiger partial charge in [-0.2, -0.15) is 5.26 Å². The smallest absolute Gasteiger partial charge is 0.202 e. The van der Waals surface area contributed by atoms with E-state index in [4.69, 9.17) is 5.26 Å². The van der Waals surface area contributed by atoms with E-state index in [2.05, 4.69) is 0 Å². The van der Waals surface area contributed by atoms with Crippen LogP contribution in [0.4, 0.5) is 17.6 Å². The van der Waals surface area contributed by atoms with Crippen LogP contribution >= 0.6 is 0 Å². The second kappa shape index (κ2) is 3.78. The third-order valence-corrected chi connectivity index (χ3v) is 2.08. The van der Waals surface area contributed by atoms with E-state index in [0.29, 0.717) is 13.8 Å². The molecule has 0 bridgehead atoms. The summed E-state index contributed by atoms with van der Waals surface area (Å²) in [6.45, 7) is 1.20. The summed E-state index contributed by atoms with van der Waals surface area (Å²) in [7, 11) is 0. The summed E-state index contributed by atoms with van der Waals surface area (Å²) in [5.41, 5.74) is -1.36. The molecule has 0 fully saturated rings. The van der Waals surface area contributed by atoms with Gasteiger partial charge in [0, 0.05) is 25.0 Å². The predicted octanol–water partition coefficient (Wildman–Crippen LogP) is 3.78. The molecule has 0 aliphatic heterocycles. The number of nitriles is 1. The third kappa shape index (κ3) is 2.72. The molecule has 1 aromatic rings. The maximum Gasteiger partial charge on any atom is 0.270 e. The Bertz CT molecular complexity index is 403. The number of hydrogen-bond donors (Lipinski definition) is 0. The van der Waals surface area contributed by atoms with Gasteiger partial charge in [-0.1, -0.05) is 0 Å². The molecule has 0 amide bonds. The molecule has 0 heterocycles. The van der Waals surface area contributed by atoms with Gasteiger partial charge in [-0.15, -0.1) is 0 Å². The molecule has 1 rings (SSSR count). The predicted molar refractivity (Wildman–Crippen MR) is 50.3 cm³/mol. The van der Waals surface area contributed by atoms with E-state index in [1.165, 1.54) is 0 Å². The van der Waals surface area contributed by atoms with Gasteiger partial charge in [-0.05, 0) is 18.2 Å². The van der Waals surface area contributed by atoms with Crippen molar-refractivity contribution in [1.82, 2.24) is 0 Å². The highest BCUT2D eigenvalue weighted by Gasteiger charge is 2.30. The fourth-order valence-electron chi connectivity index (χ4n) is 1.20. The third-order valence-electron chi connectivity index (χ3n) is 2.08. The van der Waals surface area contributed by atoms with Crippen LogP contribution in [0.3, 0.4) is 0 Å². The van der Waals surface area contributed by atoms with Crippen LogP contribution in [0, 0.1) is 11.3 Å². The van der Waals surface area contributed by atoms with Crippen LogP contribution in [0.5, 0.6) is 0 Å². The molecule has 0 saturated heterocycles. The van der Waals surface area contributed by atoms with Crippen LogP contribution in [-0.4, -0.2) is 0 Å². The Morgan fingerprint density at radius 1 is 0.938 bits per heavy atom.